The molecule has 2 aromatic rings. The molecule has 1 fully saturated rings. The fraction of sp³-hybridized carbons (Fsp3) is 0.389. The van der Waals surface area contributed by atoms with Gasteiger partial charge in [0.2, 0.25) is 0 Å². The molecule has 1 amide bonds. The molecule has 1 saturated carbocycles. The highest BCUT2D eigenvalue weighted by Gasteiger charge is 2.26. The Hall–Kier alpha value is -2.30. The highest BCUT2D eigenvalue weighted by molar-refractivity contribution is 5.77. The van der Waals surface area contributed by atoms with Crippen LogP contribution in [0.5, 0.6) is 5.75 Å². The van der Waals surface area contributed by atoms with E-state index in [-0.39, 0.29) is 18.3 Å². The molecule has 0 spiro atoms. The Morgan fingerprint density at radius 2 is 2.00 bits per heavy atom. The maximum Gasteiger partial charge on any atom is 0.258 e. The van der Waals surface area contributed by atoms with E-state index >= 15 is 0 Å². The van der Waals surface area contributed by atoms with E-state index in [9.17, 15) is 9.18 Å². The Bertz CT molecular complexity index is 703. The van der Waals surface area contributed by atoms with Crippen LogP contribution in [0.2, 0.25) is 0 Å². The Kier molecular flexibility index (Phi) is 4.37. The molecule has 0 radical (unpaired) electrons. The van der Waals surface area contributed by atoms with E-state index < -0.39 is 0 Å². The number of carbonyl (C=O) groups excluding carboxylic acids is 1. The smallest absolute Gasteiger partial charge is 0.258 e. The van der Waals surface area contributed by atoms with Gasteiger partial charge in [0.1, 0.15) is 11.6 Å². The summed E-state index contributed by atoms with van der Waals surface area (Å²) in [6.07, 6.45) is 2.49. The minimum atomic E-state index is -0.326. The molecule has 0 atom stereocenters. The van der Waals surface area contributed by atoms with Crippen molar-refractivity contribution in [2.24, 2.45) is 0 Å². The lowest BCUT2D eigenvalue weighted by atomic mass is 10.2. The van der Waals surface area contributed by atoms with E-state index in [0.29, 0.717) is 18.3 Å². The Labute approximate surface area is 135 Å². The summed E-state index contributed by atoms with van der Waals surface area (Å²) < 4.78 is 20.5. The number of amides is 1. The summed E-state index contributed by atoms with van der Waals surface area (Å²) in [5.41, 5.74) is 3.62. The first-order valence-corrected chi connectivity index (χ1v) is 7.87. The number of hydrogen-bond acceptors (Lipinski definition) is 2. The number of nitrogens with zero attached hydrogens (tertiary/aromatic N) is 1. The molecule has 0 bridgehead atoms. The first-order chi connectivity index (χ1) is 11.0. The number of aryl methyl sites for hydroxylation is 1. The largest absolute Gasteiger partial charge is 0.484 e. The molecule has 0 unspecified atom stereocenters. The van der Waals surface area contributed by atoms with Crippen LogP contribution in [-0.4, -0.2) is 17.1 Å². The molecule has 1 aromatic carbocycles. The van der Waals surface area contributed by atoms with E-state index in [0.717, 1.165) is 5.56 Å². The second kappa shape index (κ2) is 6.44. The monoisotopic (exact) mass is 316 g/mol. The zero-order chi connectivity index (χ0) is 16.4. The van der Waals surface area contributed by atoms with E-state index in [1.54, 1.807) is 0 Å². The maximum atomic E-state index is 12.8. The summed E-state index contributed by atoms with van der Waals surface area (Å²) in [6.45, 7) is 4.63. The third-order valence-corrected chi connectivity index (χ3v) is 4.16. The van der Waals surface area contributed by atoms with Crippen molar-refractivity contribution >= 4 is 5.91 Å². The highest BCUT2D eigenvalue weighted by Crippen LogP contribution is 2.38. The van der Waals surface area contributed by atoms with E-state index in [2.05, 4.69) is 29.8 Å². The highest BCUT2D eigenvalue weighted by atomic mass is 19.1. The molecule has 1 aliphatic rings. The fourth-order valence-corrected chi connectivity index (χ4v) is 2.84. The van der Waals surface area contributed by atoms with Crippen LogP contribution >= 0.6 is 0 Å². The predicted molar refractivity (Wildman–Crippen MR) is 85.9 cm³/mol. The van der Waals surface area contributed by atoms with Crippen LogP contribution in [0.1, 0.15) is 35.8 Å². The van der Waals surface area contributed by atoms with E-state index in [1.807, 2.05) is 0 Å². The molecule has 0 saturated heterocycles. The zero-order valence-electron chi connectivity index (χ0n) is 13.4. The van der Waals surface area contributed by atoms with Gasteiger partial charge in [0.25, 0.3) is 5.91 Å². The normalized spacial score (nSPS) is 13.9. The molecule has 1 N–H and O–H groups in total. The quantitative estimate of drug-likeness (QED) is 0.889. The molecule has 122 valence electrons. The number of aromatic nitrogens is 1. The lowest BCUT2D eigenvalue weighted by Gasteiger charge is -2.09. The van der Waals surface area contributed by atoms with Crippen LogP contribution in [0, 0.1) is 19.7 Å². The minimum Gasteiger partial charge on any atom is -0.484 e. The van der Waals surface area contributed by atoms with Crippen molar-refractivity contribution in [3.8, 4) is 5.75 Å². The van der Waals surface area contributed by atoms with Gasteiger partial charge in [-0.2, -0.15) is 0 Å². The lowest BCUT2D eigenvalue weighted by molar-refractivity contribution is -0.123. The summed E-state index contributed by atoms with van der Waals surface area (Å²) >= 11 is 0. The molecule has 23 heavy (non-hydrogen) atoms. The third-order valence-electron chi connectivity index (χ3n) is 4.16. The van der Waals surface area contributed by atoms with Crippen LogP contribution in [0.15, 0.2) is 30.3 Å². The number of benzene rings is 1. The Balaban J connectivity index is 1.51. The number of ether oxygens (including phenoxy) is 1. The van der Waals surface area contributed by atoms with Gasteiger partial charge in [0.15, 0.2) is 6.61 Å². The average molecular weight is 316 g/mol. The molecular formula is C18H21FN2O2. The van der Waals surface area contributed by atoms with Crippen molar-refractivity contribution in [3.63, 3.8) is 0 Å². The van der Waals surface area contributed by atoms with Crippen LogP contribution in [0.3, 0.4) is 0 Å². The van der Waals surface area contributed by atoms with Crippen LogP contribution in [0.4, 0.5) is 4.39 Å². The molecule has 1 aliphatic carbocycles. The second-order valence-corrected chi connectivity index (χ2v) is 6.02. The Morgan fingerprint density at radius 3 is 2.65 bits per heavy atom. The van der Waals surface area contributed by atoms with Gasteiger partial charge in [0.05, 0.1) is 0 Å². The van der Waals surface area contributed by atoms with Crippen LogP contribution in [0.25, 0.3) is 0 Å². The molecule has 4 nitrogen and oxygen atoms in total. The predicted octanol–water partition coefficient (Wildman–Crippen LogP) is 3.27. The van der Waals surface area contributed by atoms with Gasteiger partial charge in [-0.05, 0) is 62.6 Å². The molecule has 0 aliphatic heterocycles. The topological polar surface area (TPSA) is 43.3 Å². The third kappa shape index (κ3) is 3.73. The van der Waals surface area contributed by atoms with Crippen molar-refractivity contribution < 1.29 is 13.9 Å². The van der Waals surface area contributed by atoms with Crippen molar-refractivity contribution in [2.75, 3.05) is 6.61 Å². The molecule has 3 rings (SSSR count). The van der Waals surface area contributed by atoms with Gasteiger partial charge in [-0.1, -0.05) is 0 Å². The van der Waals surface area contributed by atoms with E-state index in [1.165, 1.54) is 48.5 Å². The van der Waals surface area contributed by atoms with Crippen LogP contribution in [-0.2, 0) is 11.3 Å². The van der Waals surface area contributed by atoms with Gasteiger partial charge >= 0.3 is 0 Å². The minimum absolute atomic E-state index is 0.0764. The van der Waals surface area contributed by atoms with Gasteiger partial charge in [0, 0.05) is 24.0 Å². The van der Waals surface area contributed by atoms with Crippen LogP contribution < -0.4 is 10.1 Å². The SMILES string of the molecule is Cc1cc(CNC(=O)COc2ccc(F)cc2)c(C)n1C1CC1. The van der Waals surface area contributed by atoms with Gasteiger partial charge < -0.3 is 14.6 Å². The first-order valence-electron chi connectivity index (χ1n) is 7.87. The molecule has 1 heterocycles. The number of hydrogen-bond donors (Lipinski definition) is 1. The number of halogens is 1. The number of carbonyl (C=O) groups is 1. The van der Waals surface area contributed by atoms with Crippen molar-refractivity contribution in [3.05, 3.63) is 53.1 Å². The van der Waals surface area contributed by atoms with Crippen molar-refractivity contribution in [1.29, 1.82) is 0 Å². The zero-order valence-corrected chi connectivity index (χ0v) is 13.4. The standard InChI is InChI=1S/C18H21FN2O2/c1-12-9-14(13(2)21(12)16-5-6-16)10-20-18(22)11-23-17-7-3-15(19)4-8-17/h3-4,7-9,16H,5-6,10-11H2,1-2H3,(H,20,22). The van der Waals surface area contributed by atoms with Gasteiger partial charge in [-0.3, -0.25) is 4.79 Å². The fourth-order valence-electron chi connectivity index (χ4n) is 2.84. The summed E-state index contributed by atoms with van der Waals surface area (Å²) in [5, 5.41) is 2.87. The molecule has 1 aromatic heterocycles. The molecular weight excluding hydrogens is 295 g/mol. The summed E-state index contributed by atoms with van der Waals surface area (Å²) in [4.78, 5) is 11.9. The second-order valence-electron chi connectivity index (χ2n) is 6.02. The van der Waals surface area contributed by atoms with Gasteiger partial charge in [-0.25, -0.2) is 4.39 Å². The van der Waals surface area contributed by atoms with Crippen molar-refractivity contribution in [2.45, 2.75) is 39.3 Å². The van der Waals surface area contributed by atoms with E-state index in [4.69, 9.17) is 4.74 Å². The summed E-state index contributed by atoms with van der Waals surface area (Å²) in [6, 6.07) is 8.40. The summed E-state index contributed by atoms with van der Waals surface area (Å²) in [7, 11) is 0. The van der Waals surface area contributed by atoms with Gasteiger partial charge in [-0.15, -0.1) is 0 Å². The first kappa shape index (κ1) is 15.6. The number of nitrogens with one attached hydrogen (secondary N) is 1. The maximum absolute atomic E-state index is 12.8. The molecule has 5 heteroatoms. The average Bonchev–Trinajstić information content (AvgIpc) is 3.31. The Morgan fingerprint density at radius 1 is 1.30 bits per heavy atom. The van der Waals surface area contributed by atoms with Crippen molar-refractivity contribution in [1.82, 2.24) is 9.88 Å². The number of rotatable bonds is 6. The summed E-state index contributed by atoms with van der Waals surface area (Å²) in [5.74, 6) is -0.0353. The lowest BCUT2D eigenvalue weighted by Crippen LogP contribution is -2.28.